The molecule has 2 rings (SSSR count). The Kier molecular flexibility index (Phi) is 4.47. The summed E-state index contributed by atoms with van der Waals surface area (Å²) >= 11 is 6.17. The van der Waals surface area contributed by atoms with Gasteiger partial charge < -0.3 is 5.32 Å². The topological polar surface area (TPSA) is 12.0 Å². The fourth-order valence-electron chi connectivity index (χ4n) is 2.62. The average molecular weight is 252 g/mol. The van der Waals surface area contributed by atoms with Crippen molar-refractivity contribution < 1.29 is 0 Å². The van der Waals surface area contributed by atoms with Crippen LogP contribution in [0.4, 0.5) is 0 Å². The molecule has 0 bridgehead atoms. The van der Waals surface area contributed by atoms with E-state index in [0.29, 0.717) is 5.88 Å². The highest BCUT2D eigenvalue weighted by Crippen LogP contribution is 2.27. The van der Waals surface area contributed by atoms with Crippen LogP contribution in [0.5, 0.6) is 0 Å². The molecule has 1 nitrogen and oxygen atoms in total. The van der Waals surface area contributed by atoms with Crippen molar-refractivity contribution in [3.63, 3.8) is 0 Å². The Morgan fingerprint density at radius 2 is 1.88 bits per heavy atom. The van der Waals surface area contributed by atoms with Gasteiger partial charge >= 0.3 is 0 Å². The monoisotopic (exact) mass is 251 g/mol. The Bertz CT molecular complexity index is 332. The van der Waals surface area contributed by atoms with Crippen LogP contribution in [-0.2, 0) is 5.54 Å². The van der Waals surface area contributed by atoms with Crippen molar-refractivity contribution in [3.8, 4) is 0 Å². The first-order chi connectivity index (χ1) is 8.24. The summed E-state index contributed by atoms with van der Waals surface area (Å²) in [6.07, 6.45) is 5.55. The molecule has 1 N–H and O–H groups in total. The number of hydrogen-bond donors (Lipinski definition) is 1. The third-order valence-corrected chi connectivity index (χ3v) is 4.47. The van der Waals surface area contributed by atoms with Crippen LogP contribution in [0, 0.1) is 5.92 Å². The van der Waals surface area contributed by atoms with Gasteiger partial charge in [-0.2, -0.15) is 0 Å². The van der Waals surface area contributed by atoms with Gasteiger partial charge in [0.2, 0.25) is 0 Å². The number of alkyl halides is 1. The zero-order valence-electron chi connectivity index (χ0n) is 10.6. The Labute approximate surface area is 110 Å². The van der Waals surface area contributed by atoms with Crippen molar-refractivity contribution in [1.82, 2.24) is 5.32 Å². The molecule has 1 aromatic carbocycles. The first kappa shape index (κ1) is 12.9. The first-order valence-corrected chi connectivity index (χ1v) is 7.14. The van der Waals surface area contributed by atoms with E-state index in [-0.39, 0.29) is 5.54 Å². The van der Waals surface area contributed by atoms with Crippen LogP contribution in [0.1, 0.15) is 38.2 Å². The minimum atomic E-state index is -0.0919. The molecule has 0 aromatic heterocycles. The molecule has 17 heavy (non-hydrogen) atoms. The third-order valence-electron chi connectivity index (χ3n) is 3.93. The molecule has 94 valence electrons. The molecule has 0 saturated heterocycles. The van der Waals surface area contributed by atoms with Crippen LogP contribution < -0.4 is 5.32 Å². The maximum atomic E-state index is 6.17. The van der Waals surface area contributed by atoms with Crippen molar-refractivity contribution in [1.29, 1.82) is 0 Å². The van der Waals surface area contributed by atoms with Gasteiger partial charge in [0.1, 0.15) is 0 Å². The van der Waals surface area contributed by atoms with Crippen LogP contribution in [0.25, 0.3) is 0 Å². The molecular formula is C15H22ClN. The van der Waals surface area contributed by atoms with Gasteiger partial charge in [0.25, 0.3) is 0 Å². The van der Waals surface area contributed by atoms with Crippen molar-refractivity contribution in [2.45, 2.75) is 38.1 Å². The predicted molar refractivity (Wildman–Crippen MR) is 74.5 cm³/mol. The predicted octanol–water partition coefficient (Wildman–Crippen LogP) is 3.92. The highest BCUT2D eigenvalue weighted by atomic mass is 35.5. The lowest BCUT2D eigenvalue weighted by atomic mass is 9.93. The number of benzene rings is 1. The van der Waals surface area contributed by atoms with Crippen molar-refractivity contribution in [3.05, 3.63) is 35.9 Å². The van der Waals surface area contributed by atoms with Gasteiger partial charge in [-0.25, -0.2) is 0 Å². The average Bonchev–Trinajstić information content (AvgIpc) is 2.90. The molecular weight excluding hydrogens is 230 g/mol. The Balaban J connectivity index is 1.98. The highest BCUT2D eigenvalue weighted by molar-refractivity contribution is 6.18. The zero-order valence-corrected chi connectivity index (χ0v) is 11.3. The van der Waals surface area contributed by atoms with Gasteiger partial charge in [0.15, 0.2) is 0 Å². The lowest BCUT2D eigenvalue weighted by molar-refractivity contribution is 0.361. The Hall–Kier alpha value is -0.530. The van der Waals surface area contributed by atoms with Gasteiger partial charge in [0, 0.05) is 5.88 Å². The maximum Gasteiger partial charge on any atom is 0.0543 e. The summed E-state index contributed by atoms with van der Waals surface area (Å²) in [5, 5.41) is 3.67. The van der Waals surface area contributed by atoms with Gasteiger partial charge in [-0.3, -0.25) is 0 Å². The van der Waals surface area contributed by atoms with E-state index in [4.69, 9.17) is 11.6 Å². The second-order valence-electron chi connectivity index (χ2n) is 5.36. The van der Waals surface area contributed by atoms with E-state index in [0.717, 1.165) is 12.5 Å². The lowest BCUT2D eigenvalue weighted by Gasteiger charge is -2.31. The first-order valence-electron chi connectivity index (χ1n) is 6.61. The standard InChI is InChI=1S/C15H22ClN/c1-15(12-16,14-9-3-2-4-10-14)17-11-13-7-5-6-8-13/h2-4,9-10,13,17H,5-8,11-12H2,1H3. The molecule has 0 amide bonds. The van der Waals surface area contributed by atoms with Crippen LogP contribution in [-0.4, -0.2) is 12.4 Å². The van der Waals surface area contributed by atoms with Crippen LogP contribution >= 0.6 is 11.6 Å². The molecule has 1 fully saturated rings. The van der Waals surface area contributed by atoms with Gasteiger partial charge in [0.05, 0.1) is 5.54 Å². The molecule has 0 aliphatic heterocycles. The smallest absolute Gasteiger partial charge is 0.0543 e. The van der Waals surface area contributed by atoms with Crippen LogP contribution in [0.3, 0.4) is 0 Å². The van der Waals surface area contributed by atoms with Gasteiger partial charge in [-0.15, -0.1) is 11.6 Å². The van der Waals surface area contributed by atoms with Crippen LogP contribution in [0.2, 0.25) is 0 Å². The summed E-state index contributed by atoms with van der Waals surface area (Å²) in [5.41, 5.74) is 1.19. The SMILES string of the molecule is CC(CCl)(NCC1CCCC1)c1ccccc1. The summed E-state index contributed by atoms with van der Waals surface area (Å²) in [6.45, 7) is 3.29. The molecule has 1 aromatic rings. The number of halogens is 1. The second kappa shape index (κ2) is 5.88. The van der Waals surface area contributed by atoms with Crippen LogP contribution in [0.15, 0.2) is 30.3 Å². The molecule has 1 unspecified atom stereocenters. The quantitative estimate of drug-likeness (QED) is 0.783. The molecule has 1 aliphatic rings. The van der Waals surface area contributed by atoms with E-state index in [2.05, 4.69) is 42.6 Å². The number of hydrogen-bond acceptors (Lipinski definition) is 1. The highest BCUT2D eigenvalue weighted by Gasteiger charge is 2.26. The lowest BCUT2D eigenvalue weighted by Crippen LogP contribution is -2.43. The van der Waals surface area contributed by atoms with E-state index < -0.39 is 0 Å². The minimum Gasteiger partial charge on any atom is -0.306 e. The minimum absolute atomic E-state index is 0.0919. The van der Waals surface area contributed by atoms with Gasteiger partial charge in [-0.05, 0) is 37.8 Å². The summed E-state index contributed by atoms with van der Waals surface area (Å²) in [7, 11) is 0. The molecule has 1 aliphatic carbocycles. The van der Waals surface area contributed by atoms with Gasteiger partial charge in [-0.1, -0.05) is 43.2 Å². The molecule has 2 heteroatoms. The van der Waals surface area contributed by atoms with Crippen molar-refractivity contribution in [2.75, 3.05) is 12.4 Å². The summed E-state index contributed by atoms with van der Waals surface area (Å²) in [4.78, 5) is 0. The van der Waals surface area contributed by atoms with E-state index >= 15 is 0 Å². The molecule has 0 heterocycles. The summed E-state index contributed by atoms with van der Waals surface area (Å²) in [5.74, 6) is 1.46. The van der Waals surface area contributed by atoms with E-state index in [1.165, 1.54) is 31.2 Å². The normalized spacial score (nSPS) is 20.4. The second-order valence-corrected chi connectivity index (χ2v) is 5.63. The van der Waals surface area contributed by atoms with Crippen molar-refractivity contribution >= 4 is 11.6 Å². The fourth-order valence-corrected chi connectivity index (χ4v) is 2.87. The molecule has 1 atom stereocenters. The molecule has 0 spiro atoms. The molecule has 1 saturated carbocycles. The van der Waals surface area contributed by atoms with Crippen molar-refractivity contribution in [2.24, 2.45) is 5.92 Å². The number of rotatable bonds is 5. The zero-order chi connectivity index (χ0) is 12.1. The fraction of sp³-hybridized carbons (Fsp3) is 0.600. The summed E-state index contributed by atoms with van der Waals surface area (Å²) in [6, 6.07) is 10.5. The molecule has 0 radical (unpaired) electrons. The number of nitrogens with one attached hydrogen (secondary N) is 1. The summed E-state index contributed by atoms with van der Waals surface area (Å²) < 4.78 is 0. The van der Waals surface area contributed by atoms with E-state index in [1.54, 1.807) is 0 Å². The Morgan fingerprint density at radius 3 is 2.47 bits per heavy atom. The third kappa shape index (κ3) is 3.23. The van der Waals surface area contributed by atoms with E-state index in [9.17, 15) is 0 Å². The largest absolute Gasteiger partial charge is 0.306 e. The van der Waals surface area contributed by atoms with E-state index in [1.807, 2.05) is 0 Å². The maximum absolute atomic E-state index is 6.17. The Morgan fingerprint density at radius 1 is 1.24 bits per heavy atom.